The van der Waals surface area contributed by atoms with Gasteiger partial charge in [0.1, 0.15) is 0 Å². The number of aromatic nitrogens is 2. The fraction of sp³-hybridized carbons (Fsp3) is 0.560. The molecule has 0 radical (unpaired) electrons. The summed E-state index contributed by atoms with van der Waals surface area (Å²) in [5.41, 5.74) is 2.62. The zero-order chi connectivity index (χ0) is 23.7. The van der Waals surface area contributed by atoms with Crippen molar-refractivity contribution in [3.63, 3.8) is 0 Å². The number of amides is 3. The largest absolute Gasteiger partial charge is 0.337 e. The molecule has 5 rings (SSSR count). The zero-order valence-electron chi connectivity index (χ0n) is 19.3. The lowest BCUT2D eigenvalue weighted by atomic mass is 9.96. The van der Waals surface area contributed by atoms with Gasteiger partial charge in [0.15, 0.2) is 17.3 Å². The smallest absolute Gasteiger partial charge is 0.315 e. The second kappa shape index (κ2) is 9.72. The summed E-state index contributed by atoms with van der Waals surface area (Å²) in [5.74, 6) is -1.98. The number of urea groups is 1. The highest BCUT2D eigenvalue weighted by Crippen LogP contribution is 2.29. The van der Waals surface area contributed by atoms with Crippen LogP contribution in [0.15, 0.2) is 18.2 Å². The van der Waals surface area contributed by atoms with Crippen LogP contribution in [-0.2, 0) is 12.8 Å². The molecular weight excluding hydrogens is 440 g/mol. The minimum Gasteiger partial charge on any atom is -0.337 e. The molecule has 0 spiro atoms. The van der Waals surface area contributed by atoms with Gasteiger partial charge < -0.3 is 15.5 Å². The monoisotopic (exact) mass is 471 g/mol. The number of carbonyl (C=O) groups is 2. The summed E-state index contributed by atoms with van der Waals surface area (Å²) in [5, 5.41) is 10.7. The van der Waals surface area contributed by atoms with E-state index in [4.69, 9.17) is 0 Å². The Hall–Kier alpha value is -2.97. The summed E-state index contributed by atoms with van der Waals surface area (Å²) in [6, 6.07) is 3.87. The van der Waals surface area contributed by atoms with Gasteiger partial charge in [0.05, 0.1) is 5.69 Å². The summed E-state index contributed by atoms with van der Waals surface area (Å²) in [7, 11) is 0. The highest BCUT2D eigenvalue weighted by molar-refractivity contribution is 5.94. The van der Waals surface area contributed by atoms with Crippen molar-refractivity contribution in [2.45, 2.75) is 76.3 Å². The van der Waals surface area contributed by atoms with Gasteiger partial charge in [-0.1, -0.05) is 19.3 Å². The first-order chi connectivity index (χ1) is 16.5. The summed E-state index contributed by atoms with van der Waals surface area (Å²) in [6.07, 6.45) is 9.45. The summed E-state index contributed by atoms with van der Waals surface area (Å²) in [6.45, 7) is 1.08. The van der Waals surface area contributed by atoms with Gasteiger partial charge in [0.2, 0.25) is 0 Å². The molecule has 1 saturated carbocycles. The topological polar surface area (TPSA) is 79.3 Å². The van der Waals surface area contributed by atoms with Crippen molar-refractivity contribution < 1.29 is 18.4 Å². The lowest BCUT2D eigenvalue weighted by Crippen LogP contribution is -2.51. The Morgan fingerprint density at radius 2 is 1.59 bits per heavy atom. The van der Waals surface area contributed by atoms with Crippen molar-refractivity contribution in [3.8, 4) is 5.69 Å². The maximum atomic E-state index is 13.8. The third-order valence-electron chi connectivity index (χ3n) is 7.34. The van der Waals surface area contributed by atoms with Crippen molar-refractivity contribution in [3.05, 3.63) is 46.8 Å². The van der Waals surface area contributed by atoms with Gasteiger partial charge in [-0.25, -0.2) is 18.3 Å². The van der Waals surface area contributed by atoms with Crippen LogP contribution in [0.3, 0.4) is 0 Å². The number of rotatable bonds is 4. The zero-order valence-corrected chi connectivity index (χ0v) is 19.3. The normalized spacial score (nSPS) is 19.2. The number of piperidine rings is 1. The van der Waals surface area contributed by atoms with Crippen LogP contribution in [0.1, 0.15) is 73.1 Å². The number of carbonyl (C=O) groups excluding carboxylic acids is 2. The molecule has 2 aromatic rings. The molecule has 3 aliphatic rings. The Morgan fingerprint density at radius 3 is 2.29 bits per heavy atom. The molecule has 0 bridgehead atoms. The van der Waals surface area contributed by atoms with Crippen LogP contribution in [0.2, 0.25) is 0 Å². The molecule has 0 unspecified atom stereocenters. The molecule has 2 heterocycles. The van der Waals surface area contributed by atoms with Crippen LogP contribution in [0.25, 0.3) is 5.69 Å². The lowest BCUT2D eigenvalue weighted by Gasteiger charge is -2.32. The van der Waals surface area contributed by atoms with E-state index in [1.165, 1.54) is 25.3 Å². The van der Waals surface area contributed by atoms with Crippen molar-refractivity contribution in [2.24, 2.45) is 0 Å². The van der Waals surface area contributed by atoms with Crippen molar-refractivity contribution in [1.29, 1.82) is 0 Å². The predicted molar refractivity (Wildman–Crippen MR) is 123 cm³/mol. The minimum atomic E-state index is -0.935. The Labute approximate surface area is 197 Å². The molecule has 2 fully saturated rings. The number of hydrogen-bond donors (Lipinski definition) is 2. The van der Waals surface area contributed by atoms with Gasteiger partial charge in [-0.3, -0.25) is 4.79 Å². The number of nitrogens with zero attached hydrogens (tertiary/aromatic N) is 3. The molecule has 34 heavy (non-hydrogen) atoms. The fourth-order valence-electron chi connectivity index (χ4n) is 5.48. The first kappa shape index (κ1) is 22.8. The molecule has 1 aromatic carbocycles. The molecule has 2 aliphatic carbocycles. The van der Waals surface area contributed by atoms with E-state index < -0.39 is 11.6 Å². The van der Waals surface area contributed by atoms with E-state index in [0.29, 0.717) is 37.3 Å². The third-order valence-corrected chi connectivity index (χ3v) is 7.34. The maximum absolute atomic E-state index is 13.8. The van der Waals surface area contributed by atoms with Crippen LogP contribution in [0, 0.1) is 11.6 Å². The Kier molecular flexibility index (Phi) is 6.52. The third kappa shape index (κ3) is 4.65. The van der Waals surface area contributed by atoms with Gasteiger partial charge in [-0.2, -0.15) is 5.10 Å². The Morgan fingerprint density at radius 1 is 0.882 bits per heavy atom. The molecule has 182 valence electrons. The predicted octanol–water partition coefficient (Wildman–Crippen LogP) is 3.88. The van der Waals surface area contributed by atoms with E-state index in [9.17, 15) is 18.4 Å². The lowest BCUT2D eigenvalue weighted by molar-refractivity contribution is 0.0700. The van der Waals surface area contributed by atoms with Crippen LogP contribution in [0.5, 0.6) is 0 Å². The van der Waals surface area contributed by atoms with Crippen molar-refractivity contribution >= 4 is 11.9 Å². The summed E-state index contributed by atoms with van der Waals surface area (Å²) >= 11 is 0. The molecular formula is C25H31F2N5O2. The van der Waals surface area contributed by atoms with Gasteiger partial charge in [-0.15, -0.1) is 0 Å². The molecule has 1 aromatic heterocycles. The van der Waals surface area contributed by atoms with Gasteiger partial charge in [-0.05, 0) is 57.1 Å². The molecule has 0 atom stereocenters. The quantitative estimate of drug-likeness (QED) is 0.711. The molecule has 2 N–H and O–H groups in total. The van der Waals surface area contributed by atoms with E-state index in [-0.39, 0.29) is 24.0 Å². The first-order valence-corrected chi connectivity index (χ1v) is 12.4. The molecule has 9 heteroatoms. The number of halogens is 2. The van der Waals surface area contributed by atoms with Crippen LogP contribution >= 0.6 is 0 Å². The molecule has 1 aliphatic heterocycles. The van der Waals surface area contributed by atoms with Crippen LogP contribution < -0.4 is 10.6 Å². The van der Waals surface area contributed by atoms with Gasteiger partial charge >= 0.3 is 6.03 Å². The SMILES string of the molecule is O=C(NC1CCCCC1)NC1CCN(C(=O)c2nn(-c3ccc(F)c(F)c3)c3c2CCC3)CC1. The Bertz CT molecular complexity index is 1070. The highest BCUT2D eigenvalue weighted by atomic mass is 19.2. The molecule has 1 saturated heterocycles. The standard InChI is InChI=1S/C25H31F2N5O2/c26-20-10-9-18(15-21(20)27)32-22-8-4-7-19(22)23(30-32)24(33)31-13-11-17(12-14-31)29-25(34)28-16-5-2-1-3-6-16/h9-10,15-17H,1-8,11-14H2,(H2,28,29,34). The first-order valence-electron chi connectivity index (χ1n) is 12.4. The number of likely N-dealkylation sites (tertiary alicyclic amines) is 1. The Balaban J connectivity index is 1.22. The van der Waals surface area contributed by atoms with E-state index in [0.717, 1.165) is 55.5 Å². The molecule has 7 nitrogen and oxygen atoms in total. The molecule has 3 amide bonds. The highest BCUT2D eigenvalue weighted by Gasteiger charge is 2.32. The number of benzene rings is 1. The average Bonchev–Trinajstić information content (AvgIpc) is 3.45. The van der Waals surface area contributed by atoms with E-state index in [2.05, 4.69) is 15.7 Å². The van der Waals surface area contributed by atoms with E-state index >= 15 is 0 Å². The summed E-state index contributed by atoms with van der Waals surface area (Å²) in [4.78, 5) is 27.5. The maximum Gasteiger partial charge on any atom is 0.315 e. The fourth-order valence-corrected chi connectivity index (χ4v) is 5.48. The van der Waals surface area contributed by atoms with Crippen molar-refractivity contribution in [1.82, 2.24) is 25.3 Å². The van der Waals surface area contributed by atoms with E-state index in [1.807, 2.05) is 0 Å². The van der Waals surface area contributed by atoms with Crippen LogP contribution in [-0.4, -0.2) is 51.8 Å². The number of nitrogens with one attached hydrogen (secondary N) is 2. The second-order valence-corrected chi connectivity index (χ2v) is 9.66. The second-order valence-electron chi connectivity index (χ2n) is 9.66. The van der Waals surface area contributed by atoms with E-state index in [1.54, 1.807) is 9.58 Å². The van der Waals surface area contributed by atoms with Crippen molar-refractivity contribution in [2.75, 3.05) is 13.1 Å². The van der Waals surface area contributed by atoms with Crippen LogP contribution in [0.4, 0.5) is 13.6 Å². The summed E-state index contributed by atoms with van der Waals surface area (Å²) < 4.78 is 28.8. The number of hydrogen-bond acceptors (Lipinski definition) is 3. The van der Waals surface area contributed by atoms with Gasteiger partial charge in [0, 0.05) is 42.5 Å². The average molecular weight is 472 g/mol. The number of fused-ring (bicyclic) bond motifs is 1. The minimum absolute atomic E-state index is 0.0399. The van der Waals surface area contributed by atoms with Gasteiger partial charge in [0.25, 0.3) is 5.91 Å².